The third kappa shape index (κ3) is 4.33. The lowest BCUT2D eigenvalue weighted by molar-refractivity contribution is 0.415. The van der Waals surface area contributed by atoms with E-state index in [4.69, 9.17) is 22.1 Å². The van der Waals surface area contributed by atoms with Gasteiger partial charge in [-0.15, -0.1) is 0 Å². The molecule has 1 aliphatic carbocycles. The Labute approximate surface area is 211 Å². The topological polar surface area (TPSA) is 107 Å². The van der Waals surface area contributed by atoms with Crippen LogP contribution in [0.4, 0.5) is 20.4 Å². The molecule has 11 heteroatoms. The number of nitrogen functional groups attached to an aromatic ring is 1. The minimum Gasteiger partial charge on any atom is -0.497 e. The molecule has 4 aromatic rings. The van der Waals surface area contributed by atoms with Gasteiger partial charge in [0.2, 0.25) is 5.95 Å². The number of hydrogen-bond acceptors (Lipinski definition) is 6. The lowest BCUT2D eigenvalue weighted by atomic mass is 9.85. The summed E-state index contributed by atoms with van der Waals surface area (Å²) >= 11 is 6.42. The van der Waals surface area contributed by atoms with Crippen LogP contribution < -0.4 is 15.2 Å². The van der Waals surface area contributed by atoms with Crippen LogP contribution >= 0.6 is 11.6 Å². The van der Waals surface area contributed by atoms with Crippen molar-refractivity contribution in [3.05, 3.63) is 82.5 Å². The quantitative estimate of drug-likeness (QED) is 0.367. The first-order valence-electron chi connectivity index (χ1n) is 10.8. The second-order valence-corrected chi connectivity index (χ2v) is 10.2. The molecule has 0 spiro atoms. The molecule has 7 nitrogen and oxygen atoms in total. The predicted octanol–water partition coefficient (Wildman–Crippen LogP) is 5.23. The Morgan fingerprint density at radius 3 is 2.61 bits per heavy atom. The van der Waals surface area contributed by atoms with Crippen molar-refractivity contribution >= 4 is 33.3 Å². The molecule has 36 heavy (non-hydrogen) atoms. The minimum absolute atomic E-state index is 0.0282. The lowest BCUT2D eigenvalue weighted by Gasteiger charge is -2.23. The maximum absolute atomic E-state index is 14.2. The van der Waals surface area contributed by atoms with Crippen molar-refractivity contribution in [2.75, 3.05) is 17.6 Å². The van der Waals surface area contributed by atoms with Gasteiger partial charge in [-0.1, -0.05) is 23.7 Å². The van der Waals surface area contributed by atoms with E-state index in [9.17, 15) is 17.2 Å². The predicted molar refractivity (Wildman–Crippen MR) is 133 cm³/mol. The van der Waals surface area contributed by atoms with Crippen LogP contribution in [-0.4, -0.2) is 25.5 Å². The van der Waals surface area contributed by atoms with Crippen LogP contribution in [0.1, 0.15) is 11.3 Å². The first-order valence-corrected chi connectivity index (χ1v) is 12.6. The van der Waals surface area contributed by atoms with Gasteiger partial charge in [-0.2, -0.15) is 0 Å². The molecule has 3 aromatic carbocycles. The average molecular weight is 529 g/mol. The molecule has 3 N–H and O–H groups in total. The Morgan fingerprint density at radius 2 is 1.86 bits per heavy atom. The highest BCUT2D eigenvalue weighted by Crippen LogP contribution is 2.43. The van der Waals surface area contributed by atoms with E-state index in [2.05, 4.69) is 14.7 Å². The smallest absolute Gasteiger partial charge is 0.264 e. The van der Waals surface area contributed by atoms with E-state index in [0.717, 1.165) is 23.3 Å². The zero-order chi connectivity index (χ0) is 25.6. The van der Waals surface area contributed by atoms with Gasteiger partial charge in [0.05, 0.1) is 29.2 Å². The van der Waals surface area contributed by atoms with Gasteiger partial charge in [-0.25, -0.2) is 27.2 Å². The molecule has 0 aliphatic heterocycles. The van der Waals surface area contributed by atoms with Crippen LogP contribution in [0.25, 0.3) is 22.4 Å². The van der Waals surface area contributed by atoms with Crippen LogP contribution in [0.2, 0.25) is 5.02 Å². The molecule has 0 saturated carbocycles. The van der Waals surface area contributed by atoms with E-state index in [1.165, 1.54) is 0 Å². The number of nitrogens with two attached hydrogens (primary N) is 1. The molecule has 0 unspecified atom stereocenters. The monoisotopic (exact) mass is 528 g/mol. The van der Waals surface area contributed by atoms with Crippen molar-refractivity contribution in [1.82, 2.24) is 9.97 Å². The highest BCUT2D eigenvalue weighted by molar-refractivity contribution is 7.92. The molecule has 1 heterocycles. The first kappa shape index (κ1) is 24.0. The van der Waals surface area contributed by atoms with Gasteiger partial charge in [-0.3, -0.25) is 4.72 Å². The summed E-state index contributed by atoms with van der Waals surface area (Å²) in [6.45, 7) is 0. The summed E-state index contributed by atoms with van der Waals surface area (Å²) in [4.78, 5) is 8.19. The Balaban J connectivity index is 1.65. The van der Waals surface area contributed by atoms with Gasteiger partial charge in [0.15, 0.2) is 0 Å². The van der Waals surface area contributed by atoms with Gasteiger partial charge >= 0.3 is 0 Å². The van der Waals surface area contributed by atoms with Gasteiger partial charge in [-0.05, 0) is 60.4 Å². The molecule has 1 aliphatic rings. The zero-order valence-corrected chi connectivity index (χ0v) is 20.4. The first-order chi connectivity index (χ1) is 17.2. The highest BCUT2D eigenvalue weighted by Gasteiger charge is 2.27. The van der Waals surface area contributed by atoms with Gasteiger partial charge in [0, 0.05) is 17.2 Å². The van der Waals surface area contributed by atoms with Gasteiger partial charge in [0.25, 0.3) is 10.0 Å². The number of ether oxygens (including phenoxy) is 1. The summed E-state index contributed by atoms with van der Waals surface area (Å²) in [6.07, 6.45) is 1.17. The van der Waals surface area contributed by atoms with Crippen LogP contribution in [0.3, 0.4) is 0 Å². The third-order valence-corrected chi connectivity index (χ3v) is 7.58. The average Bonchev–Trinajstić information content (AvgIpc) is 2.83. The van der Waals surface area contributed by atoms with Crippen LogP contribution in [0.15, 0.2) is 59.5 Å². The number of aromatic nitrogens is 2. The number of aryl methyl sites for hydroxylation is 2. The van der Waals surface area contributed by atoms with Crippen molar-refractivity contribution in [3.63, 3.8) is 0 Å². The molecule has 0 amide bonds. The fourth-order valence-corrected chi connectivity index (χ4v) is 5.67. The molecule has 1 aromatic heterocycles. The van der Waals surface area contributed by atoms with Crippen molar-refractivity contribution in [1.29, 1.82) is 0 Å². The molecule has 0 bridgehead atoms. The van der Waals surface area contributed by atoms with Crippen LogP contribution in [0, 0.1) is 11.6 Å². The molecule has 0 radical (unpaired) electrons. The summed E-state index contributed by atoms with van der Waals surface area (Å²) in [5, 5.41) is 0.127. The number of halogens is 3. The van der Waals surface area contributed by atoms with E-state index < -0.39 is 26.6 Å². The molecule has 0 saturated heterocycles. The number of methoxy groups -OCH3 is 1. The summed E-state index contributed by atoms with van der Waals surface area (Å²) in [5.74, 6) is -1.37. The van der Waals surface area contributed by atoms with Crippen LogP contribution in [-0.2, 0) is 22.9 Å². The maximum Gasteiger partial charge on any atom is 0.264 e. The lowest BCUT2D eigenvalue weighted by Crippen LogP contribution is -2.16. The number of nitrogens with one attached hydrogen (secondary N) is 1. The molecule has 5 rings (SSSR count). The minimum atomic E-state index is -4.41. The summed E-state index contributed by atoms with van der Waals surface area (Å²) < 4.78 is 61.0. The Hall–Kier alpha value is -3.76. The van der Waals surface area contributed by atoms with Crippen molar-refractivity contribution in [2.24, 2.45) is 0 Å². The number of hydrogen-bond donors (Lipinski definition) is 2. The molecule has 0 fully saturated rings. The fourth-order valence-electron chi connectivity index (χ4n) is 4.25. The van der Waals surface area contributed by atoms with E-state index in [-0.39, 0.29) is 16.7 Å². The van der Waals surface area contributed by atoms with Gasteiger partial charge < -0.3 is 10.5 Å². The molecule has 184 valence electrons. The number of fused-ring (bicyclic) bond motifs is 3. The second kappa shape index (κ2) is 9.03. The third-order valence-electron chi connectivity index (χ3n) is 5.87. The number of nitrogens with zero attached hydrogens (tertiary/aromatic N) is 2. The van der Waals surface area contributed by atoms with Crippen molar-refractivity contribution < 1.29 is 21.9 Å². The Kier molecular flexibility index (Phi) is 6.01. The number of benzene rings is 3. The van der Waals surface area contributed by atoms with E-state index in [1.54, 1.807) is 25.3 Å². The SMILES string of the molecule is COc1cccc(-c2nc(N)nc3c2-c2cc(NS(=O)(=O)c4ccc(F)cc4F)c(Cl)cc2CC3)c1. The van der Waals surface area contributed by atoms with Crippen molar-refractivity contribution in [3.8, 4) is 28.1 Å². The van der Waals surface area contributed by atoms with E-state index >= 15 is 0 Å². The zero-order valence-electron chi connectivity index (χ0n) is 18.8. The highest BCUT2D eigenvalue weighted by atomic mass is 35.5. The van der Waals surface area contributed by atoms with Crippen LogP contribution in [0.5, 0.6) is 5.75 Å². The number of sulfonamides is 1. The summed E-state index contributed by atoms with van der Waals surface area (Å²) in [7, 11) is -2.85. The van der Waals surface area contributed by atoms with E-state index in [0.29, 0.717) is 47.2 Å². The molecule has 0 atom stereocenters. The standard InChI is InChI=1S/C25H19ClF2N4O3S/c1-35-16-4-2-3-14(9-16)24-23-17-12-21(32-36(33,34)22-8-6-15(27)11-19(22)28)18(26)10-13(17)5-7-20(23)30-25(29)31-24/h2-4,6,8-12,32H,5,7H2,1H3,(H2,29,30,31). The Bertz CT molecular complexity index is 1630. The normalized spacial score (nSPS) is 12.6. The molecular weight excluding hydrogens is 510 g/mol. The maximum atomic E-state index is 14.2. The molecular formula is C25H19ClF2N4O3S. The number of anilines is 2. The van der Waals surface area contributed by atoms with Crippen molar-refractivity contribution in [2.45, 2.75) is 17.7 Å². The second-order valence-electron chi connectivity index (χ2n) is 8.15. The van der Waals surface area contributed by atoms with E-state index in [1.807, 2.05) is 18.2 Å². The van der Waals surface area contributed by atoms with Gasteiger partial charge in [0.1, 0.15) is 22.3 Å². The number of rotatable bonds is 5. The largest absolute Gasteiger partial charge is 0.497 e. The summed E-state index contributed by atoms with van der Waals surface area (Å²) in [6, 6.07) is 12.7. The summed E-state index contributed by atoms with van der Waals surface area (Å²) in [5.41, 5.74) is 10.2. The fraction of sp³-hybridized carbons (Fsp3) is 0.120. The Morgan fingerprint density at radius 1 is 1.06 bits per heavy atom.